The van der Waals surface area contributed by atoms with Crippen LogP contribution >= 0.6 is 0 Å². The van der Waals surface area contributed by atoms with Gasteiger partial charge in [0.25, 0.3) is 0 Å². The molecule has 6 nitrogen and oxygen atoms in total. The Kier molecular flexibility index (Phi) is 6.32. The molecule has 0 radical (unpaired) electrons. The lowest BCUT2D eigenvalue weighted by Gasteiger charge is -2.35. The monoisotopic (exact) mass is 365 g/mol. The van der Waals surface area contributed by atoms with Gasteiger partial charge in [-0.1, -0.05) is 30.3 Å². The lowest BCUT2D eigenvalue weighted by atomic mass is 9.97. The average Bonchev–Trinajstić information content (AvgIpc) is 2.76. The van der Waals surface area contributed by atoms with Gasteiger partial charge in [0.2, 0.25) is 0 Å². The summed E-state index contributed by atoms with van der Waals surface area (Å²) >= 11 is 0. The maximum Gasteiger partial charge on any atom is 0.412 e. The lowest BCUT2D eigenvalue weighted by Crippen LogP contribution is -2.51. The van der Waals surface area contributed by atoms with Crippen LogP contribution < -0.4 is 0 Å². The molecule has 1 aromatic carbocycles. The number of nitrogens with zero attached hydrogens (tertiary/aromatic N) is 1. The Morgan fingerprint density at radius 2 is 1.92 bits per heavy atom. The zero-order chi connectivity index (χ0) is 19.5. The SMILES string of the molecule is CC(C)(C)OC(=O)N1[C@H](Cc2ccccc2)[C@H](C[C@@H](O)CO)OC1(C)C. The number of aliphatic hydroxyl groups is 2. The second kappa shape index (κ2) is 7.94. The molecule has 0 spiro atoms. The fourth-order valence-electron chi connectivity index (χ4n) is 3.36. The summed E-state index contributed by atoms with van der Waals surface area (Å²) in [6.45, 7) is 8.78. The van der Waals surface area contributed by atoms with Gasteiger partial charge in [-0.25, -0.2) is 4.79 Å². The molecule has 1 aliphatic heterocycles. The minimum absolute atomic E-state index is 0.247. The predicted molar refractivity (Wildman–Crippen MR) is 98.7 cm³/mol. The van der Waals surface area contributed by atoms with Gasteiger partial charge < -0.3 is 19.7 Å². The standard InChI is InChI=1S/C20H31NO5/c1-19(2,3)26-18(24)21-16(11-14-9-7-6-8-10-14)17(12-15(23)13-22)25-20(21,4)5/h6-10,15-17,22-23H,11-13H2,1-5H3/t15-,16-,17+/m1/s1. The molecule has 0 bridgehead atoms. The number of benzene rings is 1. The van der Waals surface area contributed by atoms with Crippen LogP contribution in [-0.4, -0.2) is 57.4 Å². The number of carbonyl (C=O) groups is 1. The number of carbonyl (C=O) groups excluding carboxylic acids is 1. The van der Waals surface area contributed by atoms with E-state index in [9.17, 15) is 15.0 Å². The van der Waals surface area contributed by atoms with Gasteiger partial charge in [-0.15, -0.1) is 0 Å². The first-order valence-electron chi connectivity index (χ1n) is 9.06. The van der Waals surface area contributed by atoms with Gasteiger partial charge in [-0.2, -0.15) is 0 Å². The fourth-order valence-corrected chi connectivity index (χ4v) is 3.36. The quantitative estimate of drug-likeness (QED) is 0.839. The van der Waals surface area contributed by atoms with Crippen LogP contribution in [0.25, 0.3) is 0 Å². The van der Waals surface area contributed by atoms with Gasteiger partial charge in [-0.3, -0.25) is 4.90 Å². The number of amides is 1. The van der Waals surface area contributed by atoms with E-state index in [-0.39, 0.29) is 19.1 Å². The van der Waals surface area contributed by atoms with E-state index in [1.807, 2.05) is 65.0 Å². The number of hydrogen-bond donors (Lipinski definition) is 2. The van der Waals surface area contributed by atoms with E-state index in [0.29, 0.717) is 6.42 Å². The van der Waals surface area contributed by atoms with E-state index in [2.05, 4.69) is 0 Å². The molecular weight excluding hydrogens is 334 g/mol. The van der Waals surface area contributed by atoms with Crippen LogP contribution in [0.2, 0.25) is 0 Å². The molecule has 0 unspecified atom stereocenters. The number of ether oxygens (including phenoxy) is 2. The molecule has 1 aromatic rings. The van der Waals surface area contributed by atoms with Crippen LogP contribution in [0.4, 0.5) is 4.79 Å². The lowest BCUT2D eigenvalue weighted by molar-refractivity contribution is -0.0868. The Morgan fingerprint density at radius 1 is 1.31 bits per heavy atom. The van der Waals surface area contributed by atoms with Crippen LogP contribution in [0.15, 0.2) is 30.3 Å². The van der Waals surface area contributed by atoms with Crippen molar-refractivity contribution in [2.75, 3.05) is 6.61 Å². The molecule has 1 amide bonds. The highest BCUT2D eigenvalue weighted by molar-refractivity contribution is 5.70. The Balaban J connectivity index is 2.31. The minimum atomic E-state index is -0.896. The summed E-state index contributed by atoms with van der Waals surface area (Å²) < 4.78 is 11.7. The first-order valence-corrected chi connectivity index (χ1v) is 9.06. The molecule has 2 N–H and O–H groups in total. The zero-order valence-electron chi connectivity index (χ0n) is 16.3. The Morgan fingerprint density at radius 3 is 2.46 bits per heavy atom. The molecule has 146 valence electrons. The number of aliphatic hydroxyl groups excluding tert-OH is 2. The Bertz CT molecular complexity index is 596. The Hall–Kier alpha value is -1.63. The zero-order valence-corrected chi connectivity index (χ0v) is 16.3. The van der Waals surface area contributed by atoms with Crippen molar-refractivity contribution in [2.24, 2.45) is 0 Å². The van der Waals surface area contributed by atoms with E-state index < -0.39 is 29.6 Å². The first-order chi connectivity index (χ1) is 12.0. The van der Waals surface area contributed by atoms with Crippen LogP contribution in [0.3, 0.4) is 0 Å². The van der Waals surface area contributed by atoms with Gasteiger partial charge in [0, 0.05) is 6.42 Å². The maximum atomic E-state index is 12.9. The molecule has 3 atom stereocenters. The second-order valence-corrected chi connectivity index (χ2v) is 8.28. The average molecular weight is 365 g/mol. The topological polar surface area (TPSA) is 79.2 Å². The highest BCUT2D eigenvalue weighted by Gasteiger charge is 2.51. The highest BCUT2D eigenvalue weighted by atomic mass is 16.6. The molecule has 1 aliphatic rings. The van der Waals surface area contributed by atoms with E-state index in [1.54, 1.807) is 4.90 Å². The van der Waals surface area contributed by atoms with Crippen LogP contribution in [-0.2, 0) is 15.9 Å². The van der Waals surface area contributed by atoms with E-state index >= 15 is 0 Å². The summed E-state index contributed by atoms with van der Waals surface area (Å²) in [5.74, 6) is 0. The largest absolute Gasteiger partial charge is 0.444 e. The summed E-state index contributed by atoms with van der Waals surface area (Å²) in [5, 5.41) is 19.1. The van der Waals surface area contributed by atoms with Gasteiger partial charge in [0.05, 0.1) is 24.9 Å². The van der Waals surface area contributed by atoms with Gasteiger partial charge in [0.15, 0.2) is 0 Å². The van der Waals surface area contributed by atoms with Crippen molar-refractivity contribution >= 4 is 6.09 Å². The van der Waals surface area contributed by atoms with Crippen molar-refractivity contribution in [3.8, 4) is 0 Å². The normalized spacial score (nSPS) is 23.7. The van der Waals surface area contributed by atoms with Crippen LogP contribution in [0.1, 0.15) is 46.6 Å². The third-order valence-corrected chi connectivity index (χ3v) is 4.37. The number of rotatable bonds is 5. The van der Waals surface area contributed by atoms with Gasteiger partial charge >= 0.3 is 6.09 Å². The van der Waals surface area contributed by atoms with Crippen molar-refractivity contribution in [1.82, 2.24) is 4.90 Å². The fraction of sp³-hybridized carbons (Fsp3) is 0.650. The van der Waals surface area contributed by atoms with Crippen molar-refractivity contribution in [2.45, 2.75) is 77.0 Å². The van der Waals surface area contributed by atoms with E-state index in [1.165, 1.54) is 0 Å². The second-order valence-electron chi connectivity index (χ2n) is 8.28. The number of hydrogen-bond acceptors (Lipinski definition) is 5. The van der Waals surface area contributed by atoms with Crippen LogP contribution in [0.5, 0.6) is 0 Å². The van der Waals surface area contributed by atoms with Crippen LogP contribution in [0, 0.1) is 0 Å². The smallest absolute Gasteiger partial charge is 0.412 e. The summed E-state index contributed by atoms with van der Waals surface area (Å²) in [4.78, 5) is 14.5. The van der Waals surface area contributed by atoms with Crippen molar-refractivity contribution < 1.29 is 24.5 Å². The first kappa shape index (κ1) is 20.7. The summed E-state index contributed by atoms with van der Waals surface area (Å²) in [5.41, 5.74) is -0.426. The minimum Gasteiger partial charge on any atom is -0.444 e. The van der Waals surface area contributed by atoms with Gasteiger partial charge in [-0.05, 0) is 46.6 Å². The maximum absolute atomic E-state index is 12.9. The van der Waals surface area contributed by atoms with Crippen molar-refractivity contribution in [1.29, 1.82) is 0 Å². The highest BCUT2D eigenvalue weighted by Crippen LogP contribution is 2.37. The van der Waals surface area contributed by atoms with E-state index in [0.717, 1.165) is 5.56 Å². The molecular formula is C20H31NO5. The molecule has 0 aliphatic carbocycles. The van der Waals surface area contributed by atoms with Crippen molar-refractivity contribution in [3.63, 3.8) is 0 Å². The molecule has 2 rings (SSSR count). The third kappa shape index (κ3) is 5.19. The summed E-state index contributed by atoms with van der Waals surface area (Å²) in [6, 6.07) is 9.54. The van der Waals surface area contributed by atoms with E-state index in [4.69, 9.17) is 9.47 Å². The molecule has 26 heavy (non-hydrogen) atoms. The molecule has 6 heteroatoms. The molecule has 1 fully saturated rings. The van der Waals surface area contributed by atoms with Crippen molar-refractivity contribution in [3.05, 3.63) is 35.9 Å². The predicted octanol–water partition coefficient (Wildman–Crippen LogP) is 2.71. The molecule has 0 aromatic heterocycles. The summed E-state index contributed by atoms with van der Waals surface area (Å²) in [7, 11) is 0. The van der Waals surface area contributed by atoms with Gasteiger partial charge in [0.1, 0.15) is 11.3 Å². The molecule has 0 saturated carbocycles. The molecule has 1 heterocycles. The Labute approximate surface area is 155 Å². The molecule has 1 saturated heterocycles. The summed E-state index contributed by atoms with van der Waals surface area (Å²) in [6.07, 6.45) is -0.916. The third-order valence-electron chi connectivity index (χ3n) is 4.37.